The van der Waals surface area contributed by atoms with Crippen molar-refractivity contribution in [2.45, 2.75) is 59.3 Å². The van der Waals surface area contributed by atoms with Crippen LogP contribution in [0.2, 0.25) is 0 Å². The minimum absolute atomic E-state index is 0. The Labute approximate surface area is 490 Å². The number of hydrogen-bond acceptors (Lipinski definition) is 7. The zero-order valence-electron chi connectivity index (χ0n) is 39.7. The van der Waals surface area contributed by atoms with Crippen molar-refractivity contribution in [3.63, 3.8) is 0 Å². The molecule has 5 aromatic rings. The van der Waals surface area contributed by atoms with E-state index in [0.717, 1.165) is 25.5 Å². The van der Waals surface area contributed by atoms with Crippen molar-refractivity contribution in [2.24, 2.45) is 27.2 Å². The first-order valence-electron chi connectivity index (χ1n) is 20.6. The average molecular weight is 1350 g/mol. The summed E-state index contributed by atoms with van der Waals surface area (Å²) in [6.45, 7) is 7.99. The van der Waals surface area contributed by atoms with Crippen molar-refractivity contribution in [1.29, 1.82) is 0 Å². The summed E-state index contributed by atoms with van der Waals surface area (Å²) in [6.07, 6.45) is 13.1. The molecule has 0 saturated heterocycles. The van der Waals surface area contributed by atoms with E-state index >= 15 is 0 Å². The Kier molecular flexibility index (Phi) is 41.2. The standard InChI is InChI=1S/C21H20F3N3O2.C10H10FI.C9H6F2O.C7H4FIO.C3H5.C2H7N3.2CH4.BrH.Mg/c1-3-4-5-13-12-15(8-11-17(13)22)21(18(28)27(2)20(25)26-21)14-6-9-16(10-7-14)29-19(23)24;1-2-3-4-8-7-9(12)5-6-10(8)11;1-2-7-3-5-8(6-4-7)12-9(10)11;8-7-2-1-6(9)3-5(7)4-10;1-3-2;1-5-2(3)4;;;;/h3,6-12,19H,1,4-5H2,2H3,(H2,25,26);2,5-7H,1,3-4H2;1,3-6,9H;1-4H;3H,1-2H2;1H3,(H4,3,4,5);2*1H4;1H;/q;;;;-1;;;;;+2/p-1. The van der Waals surface area contributed by atoms with Gasteiger partial charge in [0, 0.05) is 26.8 Å². The van der Waals surface area contributed by atoms with Crippen LogP contribution in [0.3, 0.4) is 0 Å². The van der Waals surface area contributed by atoms with E-state index in [1.165, 1.54) is 104 Å². The monoisotopic (exact) mass is 1350 g/mol. The number of aldehydes is 1. The van der Waals surface area contributed by atoms with Crippen LogP contribution in [0.25, 0.3) is 0 Å². The summed E-state index contributed by atoms with van der Waals surface area (Å²) in [6, 6.07) is 25.4. The Morgan fingerprint density at radius 2 is 1.19 bits per heavy atom. The molecule has 1 unspecified atom stereocenters. The fourth-order valence-corrected chi connectivity index (χ4v) is 6.71. The van der Waals surface area contributed by atoms with Gasteiger partial charge in [0.15, 0.2) is 23.7 Å². The summed E-state index contributed by atoms with van der Waals surface area (Å²) in [5.41, 5.74) is 16.8. The summed E-state index contributed by atoms with van der Waals surface area (Å²) in [7, 11) is 3.02. The van der Waals surface area contributed by atoms with Crippen LogP contribution >= 0.6 is 45.2 Å². The van der Waals surface area contributed by atoms with Crippen LogP contribution in [0, 0.1) is 43.9 Å². The van der Waals surface area contributed by atoms with E-state index in [1.807, 2.05) is 28.7 Å². The molecule has 0 spiro atoms. The normalized spacial score (nSPS) is 12.2. The number of carbonyl (C=O) groups is 2. The van der Waals surface area contributed by atoms with Crippen LogP contribution in [0.15, 0.2) is 151 Å². The fourth-order valence-electron chi connectivity index (χ4n) is 5.64. The fraction of sp³-hybridized carbons (Fsp3) is 0.204. The van der Waals surface area contributed by atoms with Gasteiger partial charge in [-0.3, -0.25) is 19.5 Å². The number of aliphatic imine (C=N–C) groups is 2. The number of nitrogens with zero attached hydrogens (tertiary/aromatic N) is 3. The van der Waals surface area contributed by atoms with Crippen molar-refractivity contribution in [3.05, 3.63) is 206 Å². The van der Waals surface area contributed by atoms with Crippen LogP contribution in [0.5, 0.6) is 11.5 Å². The molecule has 0 fully saturated rings. The predicted molar refractivity (Wildman–Crippen MR) is 303 cm³/mol. The zero-order valence-corrected chi connectivity index (χ0v) is 47.0. The largest absolute Gasteiger partial charge is 2.00 e. The number of hydrogen-bond donors (Lipinski definition) is 3. The quantitative estimate of drug-likeness (QED) is 0.0122. The topological polar surface area (TPSA) is 159 Å². The third kappa shape index (κ3) is 26.7. The number of halogens is 10. The Morgan fingerprint density at radius 3 is 1.56 bits per heavy atom. The molecular formula is C54H60BrF7I2MgN6O4. The number of nitrogens with two attached hydrogens (primary N) is 3. The number of benzene rings is 5. The molecule has 6 rings (SSSR count). The molecule has 1 aliphatic rings. The maximum absolute atomic E-state index is 14.3. The molecule has 0 bridgehead atoms. The summed E-state index contributed by atoms with van der Waals surface area (Å²) in [5, 5.41) is 0. The van der Waals surface area contributed by atoms with Gasteiger partial charge in [-0.15, -0.1) is 19.6 Å². The maximum atomic E-state index is 14.3. The van der Waals surface area contributed by atoms with Crippen LogP contribution in [0.1, 0.15) is 65.9 Å². The van der Waals surface area contributed by atoms with E-state index in [-0.39, 0.29) is 89.7 Å². The van der Waals surface area contributed by atoms with Crippen molar-refractivity contribution in [3.8, 4) is 23.8 Å². The zero-order chi connectivity index (χ0) is 53.7. The maximum Gasteiger partial charge on any atom is 2.00 e. The van der Waals surface area contributed by atoms with Crippen molar-refractivity contribution in [1.82, 2.24) is 4.90 Å². The number of aryl methyl sites for hydroxylation is 2. The number of terminal acetylenes is 1. The number of allylic oxidation sites excluding steroid dienone is 3. The molecule has 0 aromatic heterocycles. The molecule has 75 heavy (non-hydrogen) atoms. The summed E-state index contributed by atoms with van der Waals surface area (Å²) in [5.74, 6) is 1.14. The Hall–Kier alpha value is -5.55. The van der Waals surface area contributed by atoms with E-state index < -0.39 is 36.3 Å². The molecule has 0 aliphatic carbocycles. The minimum Gasteiger partial charge on any atom is -1.00 e. The van der Waals surface area contributed by atoms with Gasteiger partial charge in [-0.1, -0.05) is 51.1 Å². The van der Waals surface area contributed by atoms with E-state index in [9.17, 15) is 40.3 Å². The molecule has 1 atom stereocenters. The number of carbonyl (C=O) groups excluding carboxylic acids is 2. The molecule has 1 aliphatic heterocycles. The van der Waals surface area contributed by atoms with E-state index in [4.69, 9.17) is 23.6 Å². The Bertz CT molecular complexity index is 2620. The molecule has 402 valence electrons. The van der Waals surface area contributed by atoms with Crippen LogP contribution in [-0.4, -0.2) is 79.4 Å². The third-order valence-corrected chi connectivity index (χ3v) is 10.4. The smallest absolute Gasteiger partial charge is 1.00 e. The second-order valence-electron chi connectivity index (χ2n) is 13.9. The molecule has 10 nitrogen and oxygen atoms in total. The molecule has 1 amide bonds. The average Bonchev–Trinajstić information content (AvgIpc) is 3.57. The van der Waals surface area contributed by atoms with Crippen molar-refractivity contribution >= 4 is 92.3 Å². The third-order valence-electron chi connectivity index (χ3n) is 9.03. The summed E-state index contributed by atoms with van der Waals surface area (Å²) in [4.78, 5) is 32.3. The van der Waals surface area contributed by atoms with Crippen molar-refractivity contribution in [2.75, 3.05) is 14.1 Å². The second kappa shape index (κ2) is 40.7. The Morgan fingerprint density at radius 1 is 0.787 bits per heavy atom. The van der Waals surface area contributed by atoms with Gasteiger partial charge < -0.3 is 43.7 Å². The van der Waals surface area contributed by atoms with Crippen LogP contribution in [0.4, 0.5) is 30.7 Å². The molecular weight excluding hydrogens is 1290 g/mol. The van der Waals surface area contributed by atoms with Gasteiger partial charge in [-0.2, -0.15) is 17.6 Å². The molecule has 6 N–H and O–H groups in total. The van der Waals surface area contributed by atoms with Crippen molar-refractivity contribution < 1.29 is 66.8 Å². The van der Waals surface area contributed by atoms with Gasteiger partial charge in [0.25, 0.3) is 5.91 Å². The van der Waals surface area contributed by atoms with E-state index in [2.05, 4.69) is 74.6 Å². The van der Waals surface area contributed by atoms with Gasteiger partial charge >= 0.3 is 36.3 Å². The predicted octanol–water partition coefficient (Wildman–Crippen LogP) is 9.43. The van der Waals surface area contributed by atoms with E-state index in [0.29, 0.717) is 41.4 Å². The van der Waals surface area contributed by atoms with Gasteiger partial charge in [0.2, 0.25) is 0 Å². The number of rotatable bonds is 13. The minimum atomic E-state index is -2.97. The van der Waals surface area contributed by atoms with Gasteiger partial charge in [0.05, 0.1) is 5.56 Å². The number of likely N-dealkylation sites (N-methyl/N-ethyl adjacent to an activating group) is 1. The van der Waals surface area contributed by atoms with Gasteiger partial charge in [0.1, 0.15) is 29.0 Å². The first-order valence-corrected chi connectivity index (χ1v) is 22.8. The number of guanidine groups is 2. The number of amides is 1. The second-order valence-corrected chi connectivity index (χ2v) is 16.4. The summed E-state index contributed by atoms with van der Waals surface area (Å²) >= 11 is 4.20. The number of ether oxygens (including phenoxy) is 2. The summed E-state index contributed by atoms with van der Waals surface area (Å²) < 4.78 is 98.4. The molecule has 0 radical (unpaired) electrons. The van der Waals surface area contributed by atoms with Gasteiger partial charge in [-0.05, 0) is 178 Å². The number of alkyl halides is 4. The molecule has 1 heterocycles. The molecule has 5 aromatic carbocycles. The van der Waals surface area contributed by atoms with Crippen LogP contribution < -0.4 is 43.7 Å². The molecule has 0 saturated carbocycles. The van der Waals surface area contributed by atoms with E-state index in [1.54, 1.807) is 30.4 Å². The first kappa shape index (κ1) is 76.0. The molecule has 21 heteroatoms. The Balaban J connectivity index is -0.000000459. The SMILES string of the molecule is C.C.C#Cc1ccc(OC(F)F)cc1.C=CCCc1cc(C2(c3ccc(OC(F)F)cc3)N=C(N)N(C)C2=O)ccc1F.C=CCCc1cc(I)ccc1F.C=C[CH2-].CN=C(N)N.O=Cc1cc(I)ccc1F.[Br-].[Mg+2]. The first-order chi connectivity index (χ1) is 33.7. The van der Waals surface area contributed by atoms with Gasteiger partial charge in [-0.25, -0.2) is 37.7 Å². The van der Waals surface area contributed by atoms with Crippen LogP contribution in [-0.2, 0) is 23.2 Å².